The Balaban J connectivity index is 2.38. The zero-order valence-corrected chi connectivity index (χ0v) is 9.96. The molecule has 3 heteroatoms. The molecule has 0 unspecified atom stereocenters. The summed E-state index contributed by atoms with van der Waals surface area (Å²) in [7, 11) is 4.18. The molecule has 0 N–H and O–H groups in total. The van der Waals surface area contributed by atoms with E-state index in [2.05, 4.69) is 58.5 Å². The first-order valence-corrected chi connectivity index (χ1v) is 5.63. The van der Waals surface area contributed by atoms with Gasteiger partial charge in [-0.3, -0.25) is 4.98 Å². The summed E-state index contributed by atoms with van der Waals surface area (Å²) < 4.78 is 4.40. The normalized spacial score (nSPS) is 10.9. The number of benzene rings is 1. The van der Waals surface area contributed by atoms with Gasteiger partial charge in [-0.2, -0.15) is 0 Å². The van der Waals surface area contributed by atoms with Crippen LogP contribution in [-0.4, -0.2) is 9.55 Å². The van der Waals surface area contributed by atoms with Crippen molar-refractivity contribution in [2.45, 2.75) is 0 Å². The Labute approximate surface area is 100.0 Å². The van der Waals surface area contributed by atoms with E-state index in [1.807, 2.05) is 12.3 Å². The molecule has 2 aromatic heterocycles. The van der Waals surface area contributed by atoms with Crippen molar-refractivity contribution in [2.75, 3.05) is 0 Å². The highest BCUT2D eigenvalue weighted by Gasteiger charge is 2.20. The molecule has 3 aromatic rings. The third-order valence-corrected chi connectivity index (χ3v) is 3.16. The number of imidazole rings is 1. The van der Waals surface area contributed by atoms with Gasteiger partial charge in [0.15, 0.2) is 11.0 Å². The van der Waals surface area contributed by atoms with Crippen molar-refractivity contribution in [1.29, 1.82) is 0 Å². The monoisotopic (exact) mass is 224 g/mol. The minimum Gasteiger partial charge on any atom is -0.264 e. The van der Waals surface area contributed by atoms with Crippen molar-refractivity contribution in [2.24, 2.45) is 14.1 Å². The molecule has 0 fully saturated rings. The van der Waals surface area contributed by atoms with Crippen LogP contribution in [0.4, 0.5) is 0 Å². The summed E-state index contributed by atoms with van der Waals surface area (Å²) in [5.41, 5.74) is 3.59. The van der Waals surface area contributed by atoms with E-state index in [4.69, 9.17) is 0 Å². The highest BCUT2D eigenvalue weighted by atomic mass is 15.1. The van der Waals surface area contributed by atoms with Crippen LogP contribution in [0.15, 0.2) is 48.8 Å². The van der Waals surface area contributed by atoms with Crippen LogP contribution in [0.2, 0.25) is 0 Å². The number of pyridine rings is 1. The Morgan fingerprint density at radius 3 is 2.65 bits per heavy atom. The van der Waals surface area contributed by atoms with Crippen molar-refractivity contribution in [3.63, 3.8) is 0 Å². The average molecular weight is 224 g/mol. The summed E-state index contributed by atoms with van der Waals surface area (Å²) in [6, 6.07) is 12.4. The van der Waals surface area contributed by atoms with Crippen molar-refractivity contribution < 1.29 is 4.57 Å². The van der Waals surface area contributed by atoms with Gasteiger partial charge in [0.05, 0.1) is 19.7 Å². The van der Waals surface area contributed by atoms with E-state index in [0.29, 0.717) is 0 Å². The van der Waals surface area contributed by atoms with Crippen LogP contribution in [-0.2, 0) is 14.1 Å². The molecule has 3 rings (SSSR count). The minimum atomic E-state index is 1.13. The second-order valence-corrected chi connectivity index (χ2v) is 4.17. The van der Waals surface area contributed by atoms with Gasteiger partial charge in [0.2, 0.25) is 0 Å². The molecule has 1 aromatic carbocycles. The van der Waals surface area contributed by atoms with Gasteiger partial charge in [-0.25, -0.2) is 9.13 Å². The maximum absolute atomic E-state index is 4.19. The van der Waals surface area contributed by atoms with Crippen LogP contribution in [0.5, 0.6) is 0 Å². The molecule has 0 saturated carbocycles. The van der Waals surface area contributed by atoms with E-state index in [-0.39, 0.29) is 0 Å². The lowest BCUT2D eigenvalue weighted by molar-refractivity contribution is -0.634. The van der Waals surface area contributed by atoms with Crippen LogP contribution >= 0.6 is 0 Å². The molecular formula is C14H14N3+. The molecule has 0 radical (unpaired) electrons. The van der Waals surface area contributed by atoms with Gasteiger partial charge in [0.1, 0.15) is 0 Å². The Morgan fingerprint density at radius 1 is 1.12 bits per heavy atom. The molecule has 0 aliphatic rings. The summed E-state index contributed by atoms with van der Waals surface area (Å²) in [6.45, 7) is 0. The summed E-state index contributed by atoms with van der Waals surface area (Å²) in [4.78, 5) is 4.19. The molecule has 0 bridgehead atoms. The molecule has 17 heavy (non-hydrogen) atoms. The largest absolute Gasteiger partial charge is 0.290 e. The molecule has 0 aliphatic heterocycles. The molecule has 0 spiro atoms. The van der Waals surface area contributed by atoms with E-state index in [1.165, 1.54) is 16.9 Å². The fourth-order valence-electron chi connectivity index (χ4n) is 2.37. The van der Waals surface area contributed by atoms with E-state index in [0.717, 1.165) is 5.56 Å². The van der Waals surface area contributed by atoms with Gasteiger partial charge in [0.25, 0.3) is 5.82 Å². The Morgan fingerprint density at radius 2 is 1.94 bits per heavy atom. The fraction of sp³-hybridized carbons (Fsp3) is 0.143. The van der Waals surface area contributed by atoms with Crippen molar-refractivity contribution in [3.8, 4) is 11.4 Å². The van der Waals surface area contributed by atoms with Crippen LogP contribution in [0, 0.1) is 0 Å². The standard InChI is InChI=1S/C14H14N3/c1-16-12-7-3-4-8-13(12)17(2)14(16)11-6-5-9-15-10-11/h3-10H,1-2H3/q+1. The summed E-state index contributed by atoms with van der Waals surface area (Å²) in [5, 5.41) is 0. The quantitative estimate of drug-likeness (QED) is 0.580. The first-order chi connectivity index (χ1) is 8.29. The summed E-state index contributed by atoms with van der Waals surface area (Å²) in [6.07, 6.45) is 3.69. The van der Waals surface area contributed by atoms with Gasteiger partial charge in [-0.05, 0) is 24.3 Å². The lowest BCUT2D eigenvalue weighted by Crippen LogP contribution is -2.29. The molecule has 0 saturated heterocycles. The van der Waals surface area contributed by atoms with Crippen LogP contribution in [0.1, 0.15) is 0 Å². The van der Waals surface area contributed by atoms with E-state index >= 15 is 0 Å². The molecule has 2 heterocycles. The smallest absolute Gasteiger partial charge is 0.264 e. The highest BCUT2D eigenvalue weighted by Crippen LogP contribution is 2.20. The average Bonchev–Trinajstić information content (AvgIpc) is 2.64. The maximum atomic E-state index is 4.19. The Kier molecular flexibility index (Phi) is 2.18. The Hall–Kier alpha value is -2.16. The van der Waals surface area contributed by atoms with E-state index < -0.39 is 0 Å². The lowest BCUT2D eigenvalue weighted by Gasteiger charge is -1.97. The summed E-state index contributed by atoms with van der Waals surface area (Å²) in [5.74, 6) is 1.17. The van der Waals surface area contributed by atoms with E-state index in [9.17, 15) is 0 Å². The number of hydrogen-bond donors (Lipinski definition) is 0. The van der Waals surface area contributed by atoms with Crippen LogP contribution in [0.3, 0.4) is 0 Å². The number of aryl methyl sites for hydroxylation is 2. The van der Waals surface area contributed by atoms with Gasteiger partial charge in [-0.1, -0.05) is 12.1 Å². The van der Waals surface area contributed by atoms with Crippen molar-refractivity contribution >= 4 is 11.0 Å². The Bertz CT molecular complexity index is 630. The van der Waals surface area contributed by atoms with Crippen LogP contribution < -0.4 is 4.57 Å². The number of nitrogens with zero attached hydrogens (tertiary/aromatic N) is 3. The second kappa shape index (κ2) is 3.70. The maximum Gasteiger partial charge on any atom is 0.290 e. The van der Waals surface area contributed by atoms with Crippen molar-refractivity contribution in [3.05, 3.63) is 48.8 Å². The predicted octanol–water partition coefficient (Wildman–Crippen LogP) is 2.06. The first kappa shape index (κ1) is 10.0. The number of aromatic nitrogens is 3. The third kappa shape index (κ3) is 1.43. The lowest BCUT2D eigenvalue weighted by atomic mass is 10.2. The second-order valence-electron chi connectivity index (χ2n) is 4.17. The molecule has 84 valence electrons. The third-order valence-electron chi connectivity index (χ3n) is 3.16. The SMILES string of the molecule is Cn1c(-c2cccnc2)[n+](C)c2ccccc21. The number of hydrogen-bond acceptors (Lipinski definition) is 1. The zero-order valence-electron chi connectivity index (χ0n) is 9.96. The van der Waals surface area contributed by atoms with E-state index in [1.54, 1.807) is 6.20 Å². The number of para-hydroxylation sites is 2. The molecule has 0 atom stereocenters. The minimum absolute atomic E-state index is 1.13. The zero-order chi connectivity index (χ0) is 11.8. The van der Waals surface area contributed by atoms with Crippen molar-refractivity contribution in [1.82, 2.24) is 9.55 Å². The predicted molar refractivity (Wildman–Crippen MR) is 67.3 cm³/mol. The number of rotatable bonds is 1. The summed E-state index contributed by atoms with van der Waals surface area (Å²) >= 11 is 0. The number of fused-ring (bicyclic) bond motifs is 1. The van der Waals surface area contributed by atoms with Gasteiger partial charge in [0, 0.05) is 12.4 Å². The van der Waals surface area contributed by atoms with Gasteiger partial charge < -0.3 is 0 Å². The fourth-order valence-corrected chi connectivity index (χ4v) is 2.37. The van der Waals surface area contributed by atoms with Gasteiger partial charge in [-0.15, -0.1) is 0 Å². The topological polar surface area (TPSA) is 21.7 Å². The first-order valence-electron chi connectivity index (χ1n) is 5.63. The molecular weight excluding hydrogens is 210 g/mol. The molecule has 0 aliphatic carbocycles. The highest BCUT2D eigenvalue weighted by molar-refractivity contribution is 5.75. The molecule has 0 amide bonds. The molecule has 3 nitrogen and oxygen atoms in total. The van der Waals surface area contributed by atoms with Gasteiger partial charge >= 0.3 is 0 Å². The van der Waals surface area contributed by atoms with Crippen LogP contribution in [0.25, 0.3) is 22.4 Å².